The molecule has 1 nitrogen and oxygen atoms in total. The lowest BCUT2D eigenvalue weighted by molar-refractivity contribution is 0.589. The molecule has 1 aromatic carbocycles. The van der Waals surface area contributed by atoms with Crippen LogP contribution < -0.4 is 5.32 Å². The van der Waals surface area contributed by atoms with Crippen molar-refractivity contribution < 1.29 is 0 Å². The summed E-state index contributed by atoms with van der Waals surface area (Å²) in [6, 6.07) is 8.97. The normalized spacial score (nSPS) is 11.1. The summed E-state index contributed by atoms with van der Waals surface area (Å²) in [6.45, 7) is 11.1. The summed E-state index contributed by atoms with van der Waals surface area (Å²) in [7, 11) is 0. The molecule has 0 aliphatic heterocycles. The van der Waals surface area contributed by atoms with Gasteiger partial charge in [0.05, 0.1) is 0 Å². The molecule has 98 valence electrons. The number of hydrogen-bond acceptors (Lipinski definition) is 1. The number of unbranched alkanes of at least 4 members (excludes halogenated alkanes) is 1. The molecule has 0 bridgehead atoms. The molecule has 2 heteroatoms. The van der Waals surface area contributed by atoms with E-state index in [4.69, 9.17) is 0 Å². The van der Waals surface area contributed by atoms with Gasteiger partial charge in [-0.25, -0.2) is 0 Å². The SMILES string of the molecule is CCCCNCc1ccc(C(C)(C)C)cc1.Cl. The van der Waals surface area contributed by atoms with Crippen LogP contribution in [0.3, 0.4) is 0 Å². The molecule has 0 aromatic heterocycles. The van der Waals surface area contributed by atoms with Crippen LogP contribution in [-0.4, -0.2) is 6.54 Å². The maximum Gasteiger partial charge on any atom is 0.0205 e. The Hall–Kier alpha value is -0.530. The first-order chi connectivity index (χ1) is 7.54. The molecule has 0 radical (unpaired) electrons. The fraction of sp³-hybridized carbons (Fsp3) is 0.600. The van der Waals surface area contributed by atoms with Gasteiger partial charge in [-0.2, -0.15) is 0 Å². The molecule has 1 aromatic rings. The van der Waals surface area contributed by atoms with E-state index in [0.29, 0.717) is 0 Å². The summed E-state index contributed by atoms with van der Waals surface area (Å²) >= 11 is 0. The van der Waals surface area contributed by atoms with Crippen molar-refractivity contribution in [1.82, 2.24) is 5.32 Å². The third kappa shape index (κ3) is 6.09. The summed E-state index contributed by atoms with van der Waals surface area (Å²) < 4.78 is 0. The van der Waals surface area contributed by atoms with Gasteiger partial charge in [0.2, 0.25) is 0 Å². The first kappa shape index (κ1) is 16.5. The fourth-order valence-electron chi connectivity index (χ4n) is 1.66. The lowest BCUT2D eigenvalue weighted by atomic mass is 9.87. The number of halogens is 1. The zero-order valence-electron chi connectivity index (χ0n) is 11.5. The quantitative estimate of drug-likeness (QED) is 0.774. The van der Waals surface area contributed by atoms with Crippen LogP contribution in [0.2, 0.25) is 0 Å². The Morgan fingerprint density at radius 2 is 1.65 bits per heavy atom. The minimum absolute atomic E-state index is 0. The first-order valence-electron chi connectivity index (χ1n) is 6.34. The lowest BCUT2D eigenvalue weighted by Gasteiger charge is -2.19. The maximum atomic E-state index is 3.46. The molecule has 0 aliphatic rings. The van der Waals surface area contributed by atoms with Crippen LogP contribution in [0.1, 0.15) is 51.7 Å². The van der Waals surface area contributed by atoms with Gasteiger partial charge in [-0.1, -0.05) is 58.4 Å². The van der Waals surface area contributed by atoms with Gasteiger partial charge >= 0.3 is 0 Å². The zero-order valence-corrected chi connectivity index (χ0v) is 12.4. The van der Waals surface area contributed by atoms with Crippen LogP contribution in [0.5, 0.6) is 0 Å². The van der Waals surface area contributed by atoms with Gasteiger partial charge < -0.3 is 5.32 Å². The minimum Gasteiger partial charge on any atom is -0.313 e. The van der Waals surface area contributed by atoms with Gasteiger partial charge in [0.15, 0.2) is 0 Å². The van der Waals surface area contributed by atoms with Crippen LogP contribution in [0, 0.1) is 0 Å². The van der Waals surface area contributed by atoms with Crippen LogP contribution in [0.15, 0.2) is 24.3 Å². The Labute approximate surface area is 112 Å². The Bertz CT molecular complexity index is 298. The standard InChI is InChI=1S/C15H25N.ClH/c1-5-6-11-16-12-13-7-9-14(10-8-13)15(2,3)4;/h7-10,16H,5-6,11-12H2,1-4H3;1H. The number of hydrogen-bond donors (Lipinski definition) is 1. The zero-order chi connectivity index (χ0) is 12.0. The molecule has 1 N–H and O–H groups in total. The molecule has 0 saturated heterocycles. The van der Waals surface area contributed by atoms with Crippen molar-refractivity contribution in [3.63, 3.8) is 0 Å². The average Bonchev–Trinajstić information content (AvgIpc) is 2.24. The second-order valence-corrected chi connectivity index (χ2v) is 5.48. The Morgan fingerprint density at radius 3 is 2.12 bits per heavy atom. The van der Waals surface area contributed by atoms with E-state index in [1.807, 2.05) is 0 Å². The van der Waals surface area contributed by atoms with Gasteiger partial charge in [0.1, 0.15) is 0 Å². The Kier molecular flexibility index (Phi) is 7.49. The monoisotopic (exact) mass is 255 g/mol. The summed E-state index contributed by atoms with van der Waals surface area (Å²) in [5.74, 6) is 0. The van der Waals surface area contributed by atoms with Crippen LogP contribution in [0.4, 0.5) is 0 Å². The maximum absolute atomic E-state index is 3.46. The van der Waals surface area contributed by atoms with E-state index in [1.54, 1.807) is 0 Å². The highest BCUT2D eigenvalue weighted by atomic mass is 35.5. The largest absolute Gasteiger partial charge is 0.313 e. The molecular weight excluding hydrogens is 230 g/mol. The van der Waals surface area contributed by atoms with E-state index in [-0.39, 0.29) is 17.8 Å². The van der Waals surface area contributed by atoms with Gasteiger partial charge in [-0.15, -0.1) is 12.4 Å². The molecule has 0 amide bonds. The fourth-order valence-corrected chi connectivity index (χ4v) is 1.66. The first-order valence-corrected chi connectivity index (χ1v) is 6.34. The van der Waals surface area contributed by atoms with Crippen LogP contribution >= 0.6 is 12.4 Å². The summed E-state index contributed by atoms with van der Waals surface area (Å²) in [6.07, 6.45) is 2.52. The van der Waals surface area contributed by atoms with Gasteiger partial charge in [0, 0.05) is 6.54 Å². The van der Waals surface area contributed by atoms with Gasteiger partial charge in [0.25, 0.3) is 0 Å². The number of nitrogens with one attached hydrogen (secondary N) is 1. The van der Waals surface area contributed by atoms with E-state index < -0.39 is 0 Å². The van der Waals surface area contributed by atoms with Gasteiger partial charge in [-0.05, 0) is 29.5 Å². The van der Waals surface area contributed by atoms with Crippen molar-refractivity contribution in [2.75, 3.05) is 6.54 Å². The lowest BCUT2D eigenvalue weighted by Crippen LogP contribution is -2.15. The molecule has 0 unspecified atom stereocenters. The summed E-state index contributed by atoms with van der Waals surface area (Å²) in [4.78, 5) is 0. The molecule has 0 spiro atoms. The van der Waals surface area contributed by atoms with Crippen molar-refractivity contribution >= 4 is 12.4 Å². The molecule has 0 atom stereocenters. The topological polar surface area (TPSA) is 12.0 Å². The van der Waals surface area contributed by atoms with E-state index in [2.05, 4.69) is 57.3 Å². The number of rotatable bonds is 5. The van der Waals surface area contributed by atoms with Crippen LogP contribution in [-0.2, 0) is 12.0 Å². The average molecular weight is 256 g/mol. The highest BCUT2D eigenvalue weighted by Gasteiger charge is 2.12. The molecule has 0 fully saturated rings. The Balaban J connectivity index is 0.00000256. The molecular formula is C15H26ClN. The van der Waals surface area contributed by atoms with E-state index in [9.17, 15) is 0 Å². The van der Waals surface area contributed by atoms with Crippen molar-refractivity contribution in [1.29, 1.82) is 0 Å². The molecule has 0 saturated carbocycles. The third-order valence-electron chi connectivity index (χ3n) is 2.86. The third-order valence-corrected chi connectivity index (χ3v) is 2.86. The van der Waals surface area contributed by atoms with E-state index in [1.165, 1.54) is 24.0 Å². The molecule has 17 heavy (non-hydrogen) atoms. The summed E-state index contributed by atoms with van der Waals surface area (Å²) in [5.41, 5.74) is 3.04. The minimum atomic E-state index is 0. The summed E-state index contributed by atoms with van der Waals surface area (Å²) in [5, 5.41) is 3.46. The second kappa shape index (κ2) is 7.73. The van der Waals surface area contributed by atoms with Crippen LogP contribution in [0.25, 0.3) is 0 Å². The smallest absolute Gasteiger partial charge is 0.0205 e. The predicted octanol–water partition coefficient (Wildman–Crippen LogP) is 4.30. The molecule has 1 rings (SSSR count). The molecule has 0 heterocycles. The predicted molar refractivity (Wildman–Crippen MR) is 79.0 cm³/mol. The Morgan fingerprint density at radius 1 is 1.06 bits per heavy atom. The van der Waals surface area contributed by atoms with Crippen molar-refractivity contribution in [2.24, 2.45) is 0 Å². The van der Waals surface area contributed by atoms with Crippen molar-refractivity contribution in [3.8, 4) is 0 Å². The number of benzene rings is 1. The second-order valence-electron chi connectivity index (χ2n) is 5.48. The highest BCUT2D eigenvalue weighted by Crippen LogP contribution is 2.22. The van der Waals surface area contributed by atoms with E-state index >= 15 is 0 Å². The molecule has 0 aliphatic carbocycles. The highest BCUT2D eigenvalue weighted by molar-refractivity contribution is 5.85. The van der Waals surface area contributed by atoms with Crippen molar-refractivity contribution in [3.05, 3.63) is 35.4 Å². The van der Waals surface area contributed by atoms with Crippen molar-refractivity contribution in [2.45, 2.75) is 52.5 Å². The van der Waals surface area contributed by atoms with E-state index in [0.717, 1.165) is 13.1 Å². The van der Waals surface area contributed by atoms with Gasteiger partial charge in [-0.3, -0.25) is 0 Å².